The fraction of sp³-hybridized carbons (Fsp3) is 0.250. The number of nitrogens with one attached hydrogen (secondary N) is 6. The van der Waals surface area contributed by atoms with Gasteiger partial charge in [-0.25, -0.2) is 29.5 Å². The van der Waals surface area contributed by atoms with Crippen molar-refractivity contribution in [3.63, 3.8) is 0 Å². The van der Waals surface area contributed by atoms with Gasteiger partial charge in [0.05, 0.1) is 0 Å². The van der Waals surface area contributed by atoms with Crippen LogP contribution in [0.3, 0.4) is 0 Å². The number of alkyl carbamates (subject to hydrolysis) is 2. The van der Waals surface area contributed by atoms with Gasteiger partial charge in [0.2, 0.25) is 23.6 Å². The lowest BCUT2D eigenvalue weighted by molar-refractivity contribution is 0.0914. The molecular weight excluding hydrogens is 1000 g/mol. The minimum Gasteiger partial charge on any atom is -0.446 e. The Balaban J connectivity index is 0.983. The standard InChI is InChI=1S/C56H54N10O12/c67-47-43-33-75-53(65-43)41(27-35-15-5-1-6-16-35)61-49(69)45-31-73-51(63-45)39(23-13-25-57-55(71)77-29-37-19-9-3-10-20-37)60-48(68)44-34-76-54(66-44)42(28-36-17-7-2-8-18-36)62-50(70)46-32-74-52(64-46)40(59-47)24-14-26-58-56(72)78-30-38-21-11-4-12-22-38/h1-12,15-22,31-34,39-42H,13-14,23-30H2,(H,57,71)(H,58,72)(H,59,67)(H,60,68)(H,61,69)(H,62,70)/t39-,40-,41-,42-/m0/s1. The van der Waals surface area contributed by atoms with Crippen molar-refractivity contribution in [1.29, 1.82) is 0 Å². The molecule has 1 aliphatic heterocycles. The number of amides is 6. The van der Waals surface area contributed by atoms with Gasteiger partial charge in [0.1, 0.15) is 62.4 Å². The second-order valence-corrected chi connectivity index (χ2v) is 18.0. The normalized spacial score (nSPS) is 16.8. The third kappa shape index (κ3) is 14.7. The highest BCUT2D eigenvalue weighted by Crippen LogP contribution is 2.26. The second-order valence-electron chi connectivity index (χ2n) is 18.0. The highest BCUT2D eigenvalue weighted by Gasteiger charge is 2.31. The van der Waals surface area contributed by atoms with E-state index in [9.17, 15) is 28.8 Å². The summed E-state index contributed by atoms with van der Waals surface area (Å²) in [5.41, 5.74) is 2.61. The molecule has 0 radical (unpaired) electrons. The number of benzene rings is 4. The summed E-state index contributed by atoms with van der Waals surface area (Å²) in [6.07, 6.45) is 4.53. The van der Waals surface area contributed by atoms with Crippen LogP contribution in [0.15, 0.2) is 164 Å². The van der Waals surface area contributed by atoms with Crippen molar-refractivity contribution < 1.29 is 55.9 Å². The summed E-state index contributed by atoms with van der Waals surface area (Å²) < 4.78 is 34.2. The van der Waals surface area contributed by atoms with Gasteiger partial charge in [-0.15, -0.1) is 0 Å². The van der Waals surface area contributed by atoms with Crippen LogP contribution in [0.2, 0.25) is 0 Å². The minimum atomic E-state index is -0.970. The maximum absolute atomic E-state index is 14.1. The first-order chi connectivity index (χ1) is 38.1. The summed E-state index contributed by atoms with van der Waals surface area (Å²) in [5, 5.41) is 17.0. The number of rotatable bonds is 16. The molecule has 6 N–H and O–H groups in total. The average Bonchev–Trinajstić information content (AvgIpc) is 4.33. The maximum Gasteiger partial charge on any atom is 0.407 e. The molecule has 400 valence electrons. The Hall–Kier alpha value is -9.86. The summed E-state index contributed by atoms with van der Waals surface area (Å²) in [7, 11) is 0. The quantitative estimate of drug-likeness (QED) is 0.0504. The molecule has 1 aliphatic rings. The number of fused-ring (bicyclic) bond motifs is 8. The van der Waals surface area contributed by atoms with Crippen molar-refractivity contribution in [2.75, 3.05) is 13.1 Å². The molecule has 22 heteroatoms. The van der Waals surface area contributed by atoms with Crippen molar-refractivity contribution in [1.82, 2.24) is 51.8 Å². The van der Waals surface area contributed by atoms with Crippen LogP contribution in [0.1, 0.15) is 138 Å². The Morgan fingerprint density at radius 2 is 0.692 bits per heavy atom. The summed E-state index contributed by atoms with van der Waals surface area (Å²) in [6, 6.07) is 33.0. The van der Waals surface area contributed by atoms with Gasteiger partial charge < -0.3 is 59.0 Å². The first-order valence-corrected chi connectivity index (χ1v) is 25.1. The van der Waals surface area contributed by atoms with Crippen LogP contribution in [-0.4, -0.2) is 68.8 Å². The van der Waals surface area contributed by atoms with Crippen LogP contribution in [0.25, 0.3) is 0 Å². The average molecular weight is 1060 g/mol. The van der Waals surface area contributed by atoms with Gasteiger partial charge in [-0.05, 0) is 47.9 Å². The first kappa shape index (κ1) is 53.0. The van der Waals surface area contributed by atoms with E-state index < -0.39 is 60.0 Å². The number of oxazole rings is 4. The molecule has 0 unspecified atom stereocenters. The molecule has 0 spiro atoms. The van der Waals surface area contributed by atoms with Gasteiger partial charge in [0.25, 0.3) is 23.6 Å². The maximum atomic E-state index is 14.1. The Bertz CT molecular complexity index is 3050. The molecule has 5 heterocycles. The fourth-order valence-corrected chi connectivity index (χ4v) is 8.29. The first-order valence-electron chi connectivity index (χ1n) is 25.1. The molecule has 78 heavy (non-hydrogen) atoms. The number of ether oxygens (including phenoxy) is 2. The Kier molecular flexibility index (Phi) is 17.7. The lowest BCUT2D eigenvalue weighted by Gasteiger charge is -2.16. The van der Waals surface area contributed by atoms with Crippen molar-refractivity contribution in [2.45, 2.75) is 75.9 Å². The SMILES string of the molecule is O=C(NCCC[C@@H]1NC(=O)c2coc(n2)[C@H](Cc2ccccc2)NC(=O)c2coc(n2)[C@H](CCCNC(=O)OCc2ccccc2)NC(=O)c2coc(n2)[C@H](Cc2ccccc2)NC(=O)c2coc1n2)OCc1ccccc1. The highest BCUT2D eigenvalue weighted by molar-refractivity contribution is 5.94. The lowest BCUT2D eigenvalue weighted by Crippen LogP contribution is -2.33. The lowest BCUT2D eigenvalue weighted by atomic mass is 10.1. The number of aromatic nitrogens is 4. The summed E-state index contributed by atoms with van der Waals surface area (Å²) in [6.45, 7) is 0.416. The number of hydrogen-bond acceptors (Lipinski definition) is 16. The number of hydrogen-bond donors (Lipinski definition) is 6. The van der Waals surface area contributed by atoms with Gasteiger partial charge in [0, 0.05) is 25.9 Å². The number of nitrogens with zero attached hydrogens (tertiary/aromatic N) is 4. The molecule has 4 atom stereocenters. The fourth-order valence-electron chi connectivity index (χ4n) is 8.29. The van der Waals surface area contributed by atoms with E-state index >= 15 is 0 Å². The van der Waals surface area contributed by atoms with Gasteiger partial charge in [-0.1, -0.05) is 121 Å². The molecule has 0 saturated carbocycles. The van der Waals surface area contributed by atoms with Crippen LogP contribution >= 0.6 is 0 Å². The number of carbonyl (C=O) groups is 6. The van der Waals surface area contributed by atoms with E-state index in [0.29, 0.717) is 0 Å². The van der Waals surface area contributed by atoms with E-state index in [1.54, 1.807) is 0 Å². The molecule has 0 saturated heterocycles. The van der Waals surface area contributed by atoms with Crippen LogP contribution in [0.4, 0.5) is 9.59 Å². The minimum absolute atomic E-state index is 0.0163. The molecule has 0 aliphatic carbocycles. The predicted octanol–water partition coefficient (Wildman–Crippen LogP) is 7.74. The van der Waals surface area contributed by atoms with E-state index in [4.69, 9.17) is 27.1 Å². The van der Waals surface area contributed by atoms with E-state index in [0.717, 1.165) is 47.3 Å². The van der Waals surface area contributed by atoms with E-state index in [2.05, 4.69) is 51.8 Å². The third-order valence-electron chi connectivity index (χ3n) is 12.3. The smallest absolute Gasteiger partial charge is 0.407 e. The second kappa shape index (κ2) is 26.1. The van der Waals surface area contributed by atoms with E-state index in [-0.39, 0.29) is 111 Å². The molecule has 4 aromatic heterocycles. The molecular formula is C56H54N10O12. The third-order valence-corrected chi connectivity index (χ3v) is 12.3. The van der Waals surface area contributed by atoms with Crippen LogP contribution in [0, 0.1) is 0 Å². The van der Waals surface area contributed by atoms with Gasteiger partial charge in [-0.2, -0.15) is 0 Å². The molecule has 8 bridgehead atoms. The van der Waals surface area contributed by atoms with Crippen molar-refractivity contribution in [2.24, 2.45) is 0 Å². The molecule has 6 amide bonds. The van der Waals surface area contributed by atoms with E-state index in [1.165, 1.54) is 0 Å². The summed E-state index contributed by atoms with van der Waals surface area (Å²) in [4.78, 5) is 99.6. The van der Waals surface area contributed by atoms with Gasteiger partial charge >= 0.3 is 12.2 Å². The van der Waals surface area contributed by atoms with Crippen molar-refractivity contribution >= 4 is 35.8 Å². The Labute approximate surface area is 446 Å². The Morgan fingerprint density at radius 1 is 0.410 bits per heavy atom. The largest absolute Gasteiger partial charge is 0.446 e. The zero-order valence-electron chi connectivity index (χ0n) is 41.9. The molecule has 8 aromatic rings. The highest BCUT2D eigenvalue weighted by atomic mass is 16.6. The van der Waals surface area contributed by atoms with Gasteiger partial charge in [0.15, 0.2) is 22.8 Å². The zero-order chi connectivity index (χ0) is 54.1. The number of carbonyl (C=O) groups excluding carboxylic acids is 6. The van der Waals surface area contributed by atoms with Crippen molar-refractivity contribution in [3.05, 3.63) is 215 Å². The molecule has 4 aromatic carbocycles. The summed E-state index contributed by atoms with van der Waals surface area (Å²) >= 11 is 0. The molecule has 0 fully saturated rings. The van der Waals surface area contributed by atoms with Crippen molar-refractivity contribution in [3.8, 4) is 0 Å². The topological polar surface area (TPSA) is 297 Å². The Morgan fingerprint density at radius 3 is 1.01 bits per heavy atom. The van der Waals surface area contributed by atoms with Crippen LogP contribution in [0.5, 0.6) is 0 Å². The monoisotopic (exact) mass is 1060 g/mol. The van der Waals surface area contributed by atoms with Gasteiger partial charge in [-0.3, -0.25) is 19.2 Å². The predicted molar refractivity (Wildman–Crippen MR) is 275 cm³/mol. The molecule has 9 rings (SSSR count). The van der Waals surface area contributed by atoms with E-state index in [1.807, 2.05) is 121 Å². The van der Waals surface area contributed by atoms with Crippen LogP contribution < -0.4 is 31.9 Å². The molecule has 22 nitrogen and oxygen atoms in total. The summed E-state index contributed by atoms with van der Waals surface area (Å²) in [5.74, 6) is -2.90. The zero-order valence-corrected chi connectivity index (χ0v) is 41.9. The van der Waals surface area contributed by atoms with Crippen LogP contribution in [-0.2, 0) is 35.5 Å².